The molecule has 0 bridgehead atoms. The highest BCUT2D eigenvalue weighted by atomic mass is 16.5. The van der Waals surface area contributed by atoms with Crippen molar-refractivity contribution in [2.45, 2.75) is 26.2 Å². The van der Waals surface area contributed by atoms with Crippen LogP contribution in [0.2, 0.25) is 0 Å². The van der Waals surface area contributed by atoms with Crippen molar-refractivity contribution in [1.82, 2.24) is 4.57 Å². The second-order valence-electron chi connectivity index (χ2n) is 5.77. The summed E-state index contributed by atoms with van der Waals surface area (Å²) in [5, 5.41) is 10.9. The van der Waals surface area contributed by atoms with Crippen molar-refractivity contribution in [2.75, 3.05) is 0 Å². The summed E-state index contributed by atoms with van der Waals surface area (Å²) in [4.78, 5) is 12.4. The molecule has 0 radical (unpaired) electrons. The van der Waals surface area contributed by atoms with Gasteiger partial charge in [0.15, 0.2) is 5.75 Å². The Labute approximate surface area is 147 Å². The summed E-state index contributed by atoms with van der Waals surface area (Å²) >= 11 is 0. The first-order valence-electron chi connectivity index (χ1n) is 8.33. The van der Waals surface area contributed by atoms with E-state index >= 15 is 0 Å². The topological polar surface area (TPSA) is 51.5 Å². The number of nitrogens with zero attached hydrogens (tertiary/aromatic N) is 1. The Bertz CT molecular complexity index is 873. The molecule has 4 nitrogen and oxygen atoms in total. The van der Waals surface area contributed by atoms with Crippen LogP contribution in [0.3, 0.4) is 0 Å². The van der Waals surface area contributed by atoms with Crippen molar-refractivity contribution < 1.29 is 9.84 Å². The van der Waals surface area contributed by atoms with E-state index in [4.69, 9.17) is 4.74 Å². The number of aliphatic hydroxyl groups is 1. The Balaban J connectivity index is 2.00. The monoisotopic (exact) mass is 335 g/mol. The van der Waals surface area contributed by atoms with Gasteiger partial charge in [0.2, 0.25) is 5.43 Å². The number of aliphatic hydroxyl groups excluding tert-OH is 1. The third-order valence-electron chi connectivity index (χ3n) is 4.11. The van der Waals surface area contributed by atoms with Crippen LogP contribution in [-0.2, 0) is 13.2 Å². The standard InChI is InChI=1S/C21H21NO3/c1-2-22-14-13-18(23)21(25-15-16-9-5-3-6-10-16)19(22)20(24)17-11-7-4-8-12-17/h3-14,20,24H,2,15H2,1H3. The van der Waals surface area contributed by atoms with Crippen molar-refractivity contribution in [3.8, 4) is 5.75 Å². The molecule has 0 aliphatic carbocycles. The summed E-state index contributed by atoms with van der Waals surface area (Å²) in [5.41, 5.74) is 1.94. The Hall–Kier alpha value is -2.85. The summed E-state index contributed by atoms with van der Waals surface area (Å²) in [5.74, 6) is 0.199. The number of benzene rings is 2. The first-order valence-corrected chi connectivity index (χ1v) is 8.33. The van der Waals surface area contributed by atoms with Crippen LogP contribution >= 0.6 is 0 Å². The minimum atomic E-state index is -0.930. The molecule has 1 heterocycles. The molecule has 1 unspecified atom stereocenters. The Kier molecular flexibility index (Phi) is 5.31. The third-order valence-corrected chi connectivity index (χ3v) is 4.11. The fourth-order valence-electron chi connectivity index (χ4n) is 2.80. The zero-order chi connectivity index (χ0) is 17.6. The molecule has 4 heteroatoms. The number of aryl methyl sites for hydroxylation is 1. The summed E-state index contributed by atoms with van der Waals surface area (Å²) in [6.45, 7) is 2.87. The number of hydrogen-bond acceptors (Lipinski definition) is 3. The molecule has 0 amide bonds. The summed E-state index contributed by atoms with van der Waals surface area (Å²) in [7, 11) is 0. The van der Waals surface area contributed by atoms with E-state index < -0.39 is 6.10 Å². The van der Waals surface area contributed by atoms with Crippen LogP contribution in [0, 0.1) is 0 Å². The highest BCUT2D eigenvalue weighted by Gasteiger charge is 2.21. The maximum Gasteiger partial charge on any atom is 0.223 e. The molecule has 0 aliphatic heterocycles. The highest BCUT2D eigenvalue weighted by molar-refractivity contribution is 5.36. The molecule has 1 atom stereocenters. The van der Waals surface area contributed by atoms with Gasteiger partial charge in [-0.2, -0.15) is 0 Å². The van der Waals surface area contributed by atoms with Gasteiger partial charge in [-0.3, -0.25) is 4.79 Å². The van der Waals surface area contributed by atoms with Gasteiger partial charge < -0.3 is 14.4 Å². The fourth-order valence-corrected chi connectivity index (χ4v) is 2.80. The SMILES string of the molecule is CCn1ccc(=O)c(OCc2ccccc2)c1C(O)c1ccccc1. The smallest absolute Gasteiger partial charge is 0.223 e. The average Bonchev–Trinajstić information content (AvgIpc) is 2.67. The minimum absolute atomic E-state index is 0.199. The molecule has 1 aromatic heterocycles. The van der Waals surface area contributed by atoms with Crippen LogP contribution < -0.4 is 10.2 Å². The van der Waals surface area contributed by atoms with Crippen LogP contribution in [0.4, 0.5) is 0 Å². The largest absolute Gasteiger partial charge is 0.483 e. The predicted octanol–water partition coefficient (Wildman–Crippen LogP) is 3.53. The van der Waals surface area contributed by atoms with E-state index in [1.165, 1.54) is 6.07 Å². The van der Waals surface area contributed by atoms with E-state index in [1.54, 1.807) is 6.20 Å². The van der Waals surface area contributed by atoms with Gasteiger partial charge in [0.1, 0.15) is 12.7 Å². The van der Waals surface area contributed by atoms with Crippen molar-refractivity contribution in [3.63, 3.8) is 0 Å². The van der Waals surface area contributed by atoms with E-state index in [9.17, 15) is 9.90 Å². The van der Waals surface area contributed by atoms with Crippen LogP contribution in [0.1, 0.15) is 29.8 Å². The molecular weight excluding hydrogens is 314 g/mol. The number of aromatic nitrogens is 1. The van der Waals surface area contributed by atoms with Crippen molar-refractivity contribution >= 4 is 0 Å². The molecule has 2 aromatic carbocycles. The summed E-state index contributed by atoms with van der Waals surface area (Å²) in [6, 6.07) is 20.4. The predicted molar refractivity (Wildman–Crippen MR) is 97.7 cm³/mol. The lowest BCUT2D eigenvalue weighted by molar-refractivity contribution is 0.196. The van der Waals surface area contributed by atoms with Crippen LogP contribution in [-0.4, -0.2) is 9.67 Å². The van der Waals surface area contributed by atoms with Gasteiger partial charge in [0.05, 0.1) is 5.69 Å². The molecule has 0 spiro atoms. The molecule has 0 fully saturated rings. The zero-order valence-corrected chi connectivity index (χ0v) is 14.1. The highest BCUT2D eigenvalue weighted by Crippen LogP contribution is 2.28. The van der Waals surface area contributed by atoms with E-state index in [1.807, 2.05) is 72.2 Å². The van der Waals surface area contributed by atoms with Gasteiger partial charge in [-0.25, -0.2) is 0 Å². The van der Waals surface area contributed by atoms with Crippen LogP contribution in [0.5, 0.6) is 5.75 Å². The quantitative estimate of drug-likeness (QED) is 0.750. The van der Waals surface area contributed by atoms with Gasteiger partial charge in [-0.05, 0) is 18.1 Å². The number of rotatable bonds is 6. The molecule has 0 aliphatic rings. The fraction of sp³-hybridized carbons (Fsp3) is 0.190. The maximum atomic E-state index is 12.4. The lowest BCUT2D eigenvalue weighted by Crippen LogP contribution is -2.19. The van der Waals surface area contributed by atoms with Gasteiger partial charge in [-0.15, -0.1) is 0 Å². The molecule has 0 saturated carbocycles. The lowest BCUT2D eigenvalue weighted by Gasteiger charge is -2.21. The average molecular weight is 335 g/mol. The first-order chi connectivity index (χ1) is 12.2. The van der Waals surface area contributed by atoms with Crippen LogP contribution in [0.15, 0.2) is 77.7 Å². The second kappa shape index (κ2) is 7.81. The molecule has 3 rings (SSSR count). The van der Waals surface area contributed by atoms with E-state index in [0.717, 1.165) is 11.1 Å². The first kappa shape index (κ1) is 17.0. The minimum Gasteiger partial charge on any atom is -0.483 e. The van der Waals surface area contributed by atoms with Gasteiger partial charge in [-0.1, -0.05) is 60.7 Å². The Morgan fingerprint density at radius 2 is 1.64 bits per heavy atom. The summed E-state index contributed by atoms with van der Waals surface area (Å²) in [6.07, 6.45) is 0.764. The van der Waals surface area contributed by atoms with Crippen molar-refractivity contribution in [3.05, 3.63) is 100.0 Å². The molecule has 0 saturated heterocycles. The van der Waals surface area contributed by atoms with Crippen LogP contribution in [0.25, 0.3) is 0 Å². The van der Waals surface area contributed by atoms with E-state index in [-0.39, 0.29) is 17.8 Å². The Morgan fingerprint density at radius 1 is 1.00 bits per heavy atom. The van der Waals surface area contributed by atoms with Crippen molar-refractivity contribution in [2.24, 2.45) is 0 Å². The van der Waals surface area contributed by atoms with E-state index in [0.29, 0.717) is 12.2 Å². The number of ether oxygens (including phenoxy) is 1. The third kappa shape index (κ3) is 3.80. The maximum absolute atomic E-state index is 12.4. The van der Waals surface area contributed by atoms with Gasteiger partial charge >= 0.3 is 0 Å². The molecule has 128 valence electrons. The molecule has 1 N–H and O–H groups in total. The normalized spacial score (nSPS) is 11.9. The lowest BCUT2D eigenvalue weighted by atomic mass is 10.0. The number of pyridine rings is 1. The zero-order valence-electron chi connectivity index (χ0n) is 14.1. The van der Waals surface area contributed by atoms with Crippen molar-refractivity contribution in [1.29, 1.82) is 0 Å². The molecule has 25 heavy (non-hydrogen) atoms. The van der Waals surface area contributed by atoms with E-state index in [2.05, 4.69) is 0 Å². The summed E-state index contributed by atoms with van der Waals surface area (Å²) < 4.78 is 7.69. The second-order valence-corrected chi connectivity index (χ2v) is 5.77. The Morgan fingerprint density at radius 3 is 2.28 bits per heavy atom. The van der Waals surface area contributed by atoms with Gasteiger partial charge in [0.25, 0.3) is 0 Å². The van der Waals surface area contributed by atoms with Gasteiger partial charge in [0, 0.05) is 18.8 Å². The molecule has 3 aromatic rings. The number of hydrogen-bond donors (Lipinski definition) is 1. The molecular formula is C21H21NO3.